The number of carbonyl (C=O) groups excluding carboxylic acids is 1. The Morgan fingerprint density at radius 2 is 2.04 bits per heavy atom. The lowest BCUT2D eigenvalue weighted by molar-refractivity contribution is 0.103. The van der Waals surface area contributed by atoms with Crippen LogP contribution in [0.2, 0.25) is 0 Å². The maximum atomic E-state index is 12.1. The molecule has 1 N–H and O–H groups in total. The minimum Gasteiger partial charge on any atom is -0.471 e. The van der Waals surface area contributed by atoms with Crippen molar-refractivity contribution in [2.45, 2.75) is 6.73 Å². The summed E-state index contributed by atoms with van der Waals surface area (Å²) in [4.78, 5) is 12.7. The van der Waals surface area contributed by atoms with Crippen molar-refractivity contribution in [2.24, 2.45) is 0 Å². The summed E-state index contributed by atoms with van der Waals surface area (Å²) in [5, 5.41) is 8.83. The first-order valence-electron chi connectivity index (χ1n) is 6.56. The fourth-order valence-corrected chi connectivity index (χ4v) is 3.38. The topological polar surface area (TPSA) is 56.2 Å². The molecule has 0 aliphatic rings. The van der Waals surface area contributed by atoms with E-state index in [0.717, 1.165) is 14.7 Å². The number of hydrogen-bond donors (Lipinski definition) is 1. The zero-order valence-corrected chi connectivity index (χ0v) is 15.7. The van der Waals surface area contributed by atoms with Gasteiger partial charge in [0.15, 0.2) is 6.73 Å². The summed E-state index contributed by atoms with van der Waals surface area (Å²) in [7, 11) is 0. The number of thiophene rings is 1. The second-order valence-electron chi connectivity index (χ2n) is 4.58. The molecule has 0 spiro atoms. The van der Waals surface area contributed by atoms with Crippen LogP contribution < -0.4 is 10.1 Å². The lowest BCUT2D eigenvalue weighted by Gasteiger charge is -2.05. The van der Waals surface area contributed by atoms with E-state index in [1.165, 1.54) is 11.3 Å². The molecule has 0 radical (unpaired) electrons. The number of benzene rings is 1. The standard InChI is InChI=1S/C15H11Br2N3O2S/c16-10-1-3-13(4-2-10)22-9-20-7-12(6-18-20)19-15(21)14-5-11(17)8-23-14/h1-8H,9H2,(H,19,21). The predicted molar refractivity (Wildman–Crippen MR) is 97.0 cm³/mol. The molecule has 2 heterocycles. The van der Waals surface area contributed by atoms with Crippen LogP contribution in [0.5, 0.6) is 5.75 Å². The van der Waals surface area contributed by atoms with E-state index < -0.39 is 0 Å². The molecule has 0 unspecified atom stereocenters. The number of amides is 1. The van der Waals surface area contributed by atoms with Gasteiger partial charge < -0.3 is 10.1 Å². The third-order valence-electron chi connectivity index (χ3n) is 2.86. The second kappa shape index (κ2) is 7.29. The van der Waals surface area contributed by atoms with Crippen molar-refractivity contribution in [3.05, 3.63) is 61.9 Å². The van der Waals surface area contributed by atoms with Gasteiger partial charge in [0.25, 0.3) is 5.91 Å². The lowest BCUT2D eigenvalue weighted by atomic mass is 10.3. The van der Waals surface area contributed by atoms with Gasteiger partial charge in [-0.1, -0.05) is 15.9 Å². The van der Waals surface area contributed by atoms with Gasteiger partial charge in [0.2, 0.25) is 0 Å². The molecule has 23 heavy (non-hydrogen) atoms. The Kier molecular flexibility index (Phi) is 5.14. The van der Waals surface area contributed by atoms with Gasteiger partial charge in [-0.3, -0.25) is 4.79 Å². The summed E-state index contributed by atoms with van der Waals surface area (Å²) in [6.45, 7) is 0.266. The highest BCUT2D eigenvalue weighted by Gasteiger charge is 2.10. The van der Waals surface area contributed by atoms with Gasteiger partial charge in [-0.2, -0.15) is 5.10 Å². The van der Waals surface area contributed by atoms with Gasteiger partial charge in [-0.05, 0) is 46.3 Å². The number of hydrogen-bond acceptors (Lipinski definition) is 4. The molecule has 3 rings (SSSR count). The Morgan fingerprint density at radius 3 is 2.74 bits per heavy atom. The first-order valence-corrected chi connectivity index (χ1v) is 9.03. The third-order valence-corrected chi connectivity index (χ3v) is 5.08. The molecule has 0 aliphatic heterocycles. The van der Waals surface area contributed by atoms with Crippen molar-refractivity contribution >= 4 is 54.8 Å². The van der Waals surface area contributed by atoms with Crippen molar-refractivity contribution < 1.29 is 9.53 Å². The molecular weight excluding hydrogens is 446 g/mol. The quantitative estimate of drug-likeness (QED) is 0.602. The number of anilines is 1. The van der Waals surface area contributed by atoms with Gasteiger partial charge in [0.1, 0.15) is 5.75 Å². The van der Waals surface area contributed by atoms with Crippen molar-refractivity contribution in [1.82, 2.24) is 9.78 Å². The van der Waals surface area contributed by atoms with Crippen LogP contribution >= 0.6 is 43.2 Å². The molecule has 8 heteroatoms. The average Bonchev–Trinajstić information content (AvgIpc) is 3.16. The highest BCUT2D eigenvalue weighted by molar-refractivity contribution is 9.10. The minimum atomic E-state index is -0.158. The second-order valence-corrected chi connectivity index (χ2v) is 7.32. The smallest absolute Gasteiger partial charge is 0.265 e. The number of aromatic nitrogens is 2. The molecule has 1 amide bonds. The molecule has 0 aliphatic carbocycles. The van der Waals surface area contributed by atoms with Crippen LogP contribution in [0.3, 0.4) is 0 Å². The van der Waals surface area contributed by atoms with E-state index in [4.69, 9.17) is 4.74 Å². The van der Waals surface area contributed by atoms with Crippen LogP contribution in [-0.4, -0.2) is 15.7 Å². The summed E-state index contributed by atoms with van der Waals surface area (Å²) in [5.41, 5.74) is 0.624. The van der Waals surface area contributed by atoms with E-state index >= 15 is 0 Å². The minimum absolute atomic E-state index is 0.158. The first-order chi connectivity index (χ1) is 11.1. The van der Waals surface area contributed by atoms with E-state index in [1.54, 1.807) is 23.1 Å². The van der Waals surface area contributed by atoms with Crippen LogP contribution in [-0.2, 0) is 6.73 Å². The largest absolute Gasteiger partial charge is 0.471 e. The Labute approximate surface area is 153 Å². The Hall–Kier alpha value is -1.64. The van der Waals surface area contributed by atoms with Crippen molar-refractivity contribution in [2.75, 3.05) is 5.32 Å². The fourth-order valence-electron chi connectivity index (χ4n) is 1.80. The number of halogens is 2. The first kappa shape index (κ1) is 16.2. The molecule has 0 saturated carbocycles. The molecule has 118 valence electrons. The zero-order chi connectivity index (χ0) is 16.2. The maximum absolute atomic E-state index is 12.1. The van der Waals surface area contributed by atoms with Crippen LogP contribution in [0.15, 0.2) is 57.1 Å². The number of nitrogens with zero attached hydrogens (tertiary/aromatic N) is 2. The Balaban J connectivity index is 1.57. The number of nitrogens with one attached hydrogen (secondary N) is 1. The average molecular weight is 457 g/mol. The zero-order valence-electron chi connectivity index (χ0n) is 11.7. The molecule has 0 bridgehead atoms. The van der Waals surface area contributed by atoms with E-state index in [2.05, 4.69) is 42.3 Å². The molecule has 0 atom stereocenters. The Morgan fingerprint density at radius 1 is 1.26 bits per heavy atom. The normalized spacial score (nSPS) is 10.5. The van der Waals surface area contributed by atoms with Gasteiger partial charge in [-0.15, -0.1) is 11.3 Å². The van der Waals surface area contributed by atoms with E-state index in [1.807, 2.05) is 29.6 Å². The van der Waals surface area contributed by atoms with Crippen LogP contribution in [0.25, 0.3) is 0 Å². The number of ether oxygens (including phenoxy) is 1. The van der Waals surface area contributed by atoms with Gasteiger partial charge in [0.05, 0.1) is 23.0 Å². The summed E-state index contributed by atoms with van der Waals surface area (Å²) in [5.74, 6) is 0.590. The van der Waals surface area contributed by atoms with Crippen molar-refractivity contribution in [1.29, 1.82) is 0 Å². The third kappa shape index (κ3) is 4.43. The lowest BCUT2D eigenvalue weighted by Crippen LogP contribution is -2.09. The van der Waals surface area contributed by atoms with Gasteiger partial charge in [-0.25, -0.2) is 4.68 Å². The van der Waals surface area contributed by atoms with Crippen LogP contribution in [0.1, 0.15) is 9.67 Å². The van der Waals surface area contributed by atoms with Gasteiger partial charge in [0, 0.05) is 14.3 Å². The fraction of sp³-hybridized carbons (Fsp3) is 0.0667. The predicted octanol–water partition coefficient (Wildman–Crippen LogP) is 4.76. The van der Waals surface area contributed by atoms with E-state index in [9.17, 15) is 4.79 Å². The van der Waals surface area contributed by atoms with E-state index in [-0.39, 0.29) is 12.6 Å². The molecule has 0 fully saturated rings. The molecule has 0 saturated heterocycles. The summed E-state index contributed by atoms with van der Waals surface area (Å²) >= 11 is 8.08. The number of rotatable bonds is 5. The van der Waals surface area contributed by atoms with Gasteiger partial charge >= 0.3 is 0 Å². The molecule has 3 aromatic rings. The van der Waals surface area contributed by atoms with Crippen molar-refractivity contribution in [3.63, 3.8) is 0 Å². The van der Waals surface area contributed by atoms with Crippen molar-refractivity contribution in [3.8, 4) is 5.75 Å². The maximum Gasteiger partial charge on any atom is 0.265 e. The monoisotopic (exact) mass is 455 g/mol. The number of carbonyl (C=O) groups is 1. The molecule has 1 aromatic carbocycles. The SMILES string of the molecule is O=C(Nc1cnn(COc2ccc(Br)cc2)c1)c1cc(Br)cs1. The summed E-state index contributed by atoms with van der Waals surface area (Å²) < 4.78 is 9.12. The molecule has 2 aromatic heterocycles. The summed E-state index contributed by atoms with van der Waals surface area (Å²) in [6, 6.07) is 9.32. The molecular formula is C15H11Br2N3O2S. The van der Waals surface area contributed by atoms with Crippen LogP contribution in [0, 0.1) is 0 Å². The van der Waals surface area contributed by atoms with Crippen LogP contribution in [0.4, 0.5) is 5.69 Å². The highest BCUT2D eigenvalue weighted by Crippen LogP contribution is 2.21. The Bertz CT molecular complexity index is 814. The highest BCUT2D eigenvalue weighted by atomic mass is 79.9. The molecule has 5 nitrogen and oxygen atoms in total. The summed E-state index contributed by atoms with van der Waals surface area (Å²) in [6.07, 6.45) is 3.31. The van der Waals surface area contributed by atoms with E-state index in [0.29, 0.717) is 10.6 Å².